The summed E-state index contributed by atoms with van der Waals surface area (Å²) in [6.45, 7) is 2.42. The molecule has 1 atom stereocenters. The molecule has 0 saturated heterocycles. The second-order valence-electron chi connectivity index (χ2n) is 5.04. The number of rotatable bonds is 7. The van der Waals surface area contributed by atoms with Crippen molar-refractivity contribution in [1.82, 2.24) is 5.32 Å². The van der Waals surface area contributed by atoms with Gasteiger partial charge in [0.05, 0.1) is 12.5 Å². The first-order valence-corrected chi connectivity index (χ1v) is 6.24. The Bertz CT molecular complexity index is 287. The highest BCUT2D eigenvalue weighted by atomic mass is 16.4. The molecule has 1 aliphatic rings. The highest BCUT2D eigenvalue weighted by Crippen LogP contribution is 2.43. The SMILES string of the molecule is CCC[C@@H](N)C(=O)NCC1(CC(=O)O)CCC1. The average molecular weight is 242 g/mol. The molecule has 1 fully saturated rings. The Morgan fingerprint density at radius 3 is 2.53 bits per heavy atom. The molecule has 0 aromatic rings. The highest BCUT2D eigenvalue weighted by molar-refractivity contribution is 5.81. The predicted octanol–water partition coefficient (Wildman–Crippen LogP) is 0.875. The Labute approximate surface area is 102 Å². The second-order valence-corrected chi connectivity index (χ2v) is 5.04. The number of hydrogen-bond acceptors (Lipinski definition) is 3. The average Bonchev–Trinajstić information content (AvgIpc) is 2.21. The van der Waals surface area contributed by atoms with Crippen LogP contribution < -0.4 is 11.1 Å². The van der Waals surface area contributed by atoms with E-state index in [0.717, 1.165) is 25.7 Å². The van der Waals surface area contributed by atoms with Gasteiger partial charge in [-0.3, -0.25) is 9.59 Å². The Kier molecular flexibility index (Phi) is 4.93. The van der Waals surface area contributed by atoms with Gasteiger partial charge in [0.1, 0.15) is 0 Å². The van der Waals surface area contributed by atoms with E-state index in [0.29, 0.717) is 13.0 Å². The molecule has 0 heterocycles. The number of carbonyl (C=O) groups excluding carboxylic acids is 1. The minimum atomic E-state index is -0.795. The summed E-state index contributed by atoms with van der Waals surface area (Å²) >= 11 is 0. The number of carbonyl (C=O) groups is 2. The number of carboxylic acid groups (broad SMARTS) is 1. The van der Waals surface area contributed by atoms with Crippen LogP contribution in [0, 0.1) is 5.41 Å². The van der Waals surface area contributed by atoms with Gasteiger partial charge in [0.25, 0.3) is 0 Å². The molecule has 1 aliphatic carbocycles. The summed E-state index contributed by atoms with van der Waals surface area (Å²) < 4.78 is 0. The van der Waals surface area contributed by atoms with Crippen LogP contribution in [-0.2, 0) is 9.59 Å². The maximum absolute atomic E-state index is 11.6. The Hall–Kier alpha value is -1.10. The van der Waals surface area contributed by atoms with E-state index in [9.17, 15) is 9.59 Å². The van der Waals surface area contributed by atoms with Crippen molar-refractivity contribution in [1.29, 1.82) is 0 Å². The molecule has 5 heteroatoms. The van der Waals surface area contributed by atoms with E-state index < -0.39 is 12.0 Å². The van der Waals surface area contributed by atoms with Crippen LogP contribution in [0.15, 0.2) is 0 Å². The summed E-state index contributed by atoms with van der Waals surface area (Å²) in [7, 11) is 0. The van der Waals surface area contributed by atoms with Crippen LogP contribution in [0.1, 0.15) is 45.4 Å². The molecule has 0 aromatic carbocycles. The number of nitrogens with two attached hydrogens (primary N) is 1. The molecule has 5 nitrogen and oxygen atoms in total. The van der Waals surface area contributed by atoms with Crippen molar-refractivity contribution >= 4 is 11.9 Å². The summed E-state index contributed by atoms with van der Waals surface area (Å²) in [6, 6.07) is -0.470. The molecular formula is C12H22N2O3. The van der Waals surface area contributed by atoms with E-state index in [-0.39, 0.29) is 17.7 Å². The number of nitrogens with one attached hydrogen (secondary N) is 1. The van der Waals surface area contributed by atoms with Crippen LogP contribution in [0.25, 0.3) is 0 Å². The van der Waals surface area contributed by atoms with E-state index >= 15 is 0 Å². The predicted molar refractivity (Wildman–Crippen MR) is 64.4 cm³/mol. The largest absolute Gasteiger partial charge is 0.481 e. The lowest BCUT2D eigenvalue weighted by atomic mass is 9.66. The first kappa shape index (κ1) is 14.0. The van der Waals surface area contributed by atoms with Crippen molar-refractivity contribution in [2.75, 3.05) is 6.54 Å². The summed E-state index contributed by atoms with van der Waals surface area (Å²) in [5.74, 6) is -0.958. The molecule has 0 radical (unpaired) electrons. The minimum Gasteiger partial charge on any atom is -0.481 e. The second kappa shape index (κ2) is 6.00. The zero-order chi connectivity index (χ0) is 12.9. The molecule has 0 unspecified atom stereocenters. The monoisotopic (exact) mass is 242 g/mol. The maximum atomic E-state index is 11.6. The number of aliphatic carboxylic acids is 1. The van der Waals surface area contributed by atoms with Crippen molar-refractivity contribution in [3.8, 4) is 0 Å². The van der Waals surface area contributed by atoms with Gasteiger partial charge in [0.15, 0.2) is 0 Å². The topological polar surface area (TPSA) is 92.4 Å². The molecule has 0 aliphatic heterocycles. The quantitative estimate of drug-likeness (QED) is 0.617. The minimum absolute atomic E-state index is 0.135. The number of carboxylic acids is 1. The van der Waals surface area contributed by atoms with Gasteiger partial charge in [0.2, 0.25) is 5.91 Å². The normalized spacial score (nSPS) is 19.2. The molecule has 17 heavy (non-hydrogen) atoms. The van der Waals surface area contributed by atoms with Crippen LogP contribution in [0.3, 0.4) is 0 Å². The van der Waals surface area contributed by atoms with Crippen molar-refractivity contribution in [2.45, 2.75) is 51.5 Å². The van der Waals surface area contributed by atoms with Gasteiger partial charge in [-0.05, 0) is 24.7 Å². The van der Waals surface area contributed by atoms with E-state index in [2.05, 4.69) is 5.32 Å². The van der Waals surface area contributed by atoms with E-state index in [1.807, 2.05) is 6.92 Å². The Morgan fingerprint density at radius 1 is 1.47 bits per heavy atom. The fourth-order valence-electron chi connectivity index (χ4n) is 2.26. The van der Waals surface area contributed by atoms with Gasteiger partial charge in [0, 0.05) is 6.54 Å². The number of amides is 1. The van der Waals surface area contributed by atoms with Gasteiger partial charge in [-0.15, -0.1) is 0 Å². The molecular weight excluding hydrogens is 220 g/mol. The number of hydrogen-bond donors (Lipinski definition) is 3. The highest BCUT2D eigenvalue weighted by Gasteiger charge is 2.39. The fourth-order valence-corrected chi connectivity index (χ4v) is 2.26. The third-order valence-electron chi connectivity index (χ3n) is 3.51. The summed E-state index contributed by atoms with van der Waals surface area (Å²) in [4.78, 5) is 22.4. The Balaban J connectivity index is 2.37. The van der Waals surface area contributed by atoms with Crippen molar-refractivity contribution in [3.05, 3.63) is 0 Å². The molecule has 1 amide bonds. The van der Waals surface area contributed by atoms with Crippen LogP contribution in [-0.4, -0.2) is 29.6 Å². The molecule has 0 aromatic heterocycles. The van der Waals surface area contributed by atoms with Crippen molar-refractivity contribution < 1.29 is 14.7 Å². The van der Waals surface area contributed by atoms with Crippen molar-refractivity contribution in [2.24, 2.45) is 11.1 Å². The van der Waals surface area contributed by atoms with Crippen molar-refractivity contribution in [3.63, 3.8) is 0 Å². The smallest absolute Gasteiger partial charge is 0.303 e. The van der Waals surface area contributed by atoms with E-state index in [1.165, 1.54) is 0 Å². The van der Waals surface area contributed by atoms with Crippen LogP contribution in [0.2, 0.25) is 0 Å². The first-order chi connectivity index (χ1) is 7.99. The van der Waals surface area contributed by atoms with E-state index in [4.69, 9.17) is 10.8 Å². The molecule has 0 spiro atoms. The summed E-state index contributed by atoms with van der Waals surface area (Å²) in [5.41, 5.74) is 5.46. The van der Waals surface area contributed by atoms with Gasteiger partial charge in [-0.25, -0.2) is 0 Å². The van der Waals surface area contributed by atoms with Crippen LogP contribution >= 0.6 is 0 Å². The lowest BCUT2D eigenvalue weighted by molar-refractivity contribution is -0.142. The fraction of sp³-hybridized carbons (Fsp3) is 0.833. The summed E-state index contributed by atoms with van der Waals surface area (Å²) in [6.07, 6.45) is 4.47. The molecule has 0 bridgehead atoms. The van der Waals surface area contributed by atoms with Gasteiger partial charge < -0.3 is 16.2 Å². The standard InChI is InChI=1S/C12H22N2O3/c1-2-4-9(13)11(17)14-8-12(5-3-6-12)7-10(15)16/h9H,2-8,13H2,1H3,(H,14,17)(H,15,16)/t9-/m1/s1. The van der Waals surface area contributed by atoms with Crippen LogP contribution in [0.4, 0.5) is 0 Å². The maximum Gasteiger partial charge on any atom is 0.303 e. The van der Waals surface area contributed by atoms with Crippen LogP contribution in [0.5, 0.6) is 0 Å². The van der Waals surface area contributed by atoms with Gasteiger partial charge in [-0.1, -0.05) is 19.8 Å². The zero-order valence-corrected chi connectivity index (χ0v) is 10.4. The molecule has 1 saturated carbocycles. The molecule has 98 valence electrons. The first-order valence-electron chi connectivity index (χ1n) is 6.24. The van der Waals surface area contributed by atoms with Gasteiger partial charge in [-0.2, -0.15) is 0 Å². The third-order valence-corrected chi connectivity index (χ3v) is 3.51. The zero-order valence-electron chi connectivity index (χ0n) is 10.4. The molecule has 4 N–H and O–H groups in total. The molecule has 1 rings (SSSR count). The third kappa shape index (κ3) is 4.00. The lowest BCUT2D eigenvalue weighted by Gasteiger charge is -2.41. The Morgan fingerprint density at radius 2 is 2.12 bits per heavy atom. The van der Waals surface area contributed by atoms with Gasteiger partial charge >= 0.3 is 5.97 Å². The van der Waals surface area contributed by atoms with E-state index in [1.54, 1.807) is 0 Å². The summed E-state index contributed by atoms with van der Waals surface area (Å²) in [5, 5.41) is 11.6. The lowest BCUT2D eigenvalue weighted by Crippen LogP contribution is -2.48.